The van der Waals surface area contributed by atoms with Crippen LogP contribution in [0.2, 0.25) is 0 Å². The molecule has 2 aromatic carbocycles. The number of nitrogens with one attached hydrogen (secondary N) is 2. The number of hydrogen-bond donors (Lipinski definition) is 2. The van der Waals surface area contributed by atoms with Crippen LogP contribution >= 0.6 is 0 Å². The fraction of sp³-hybridized carbons (Fsp3) is 0.350. The highest BCUT2D eigenvalue weighted by atomic mass is 16.2. The molecular weight excluding hydrogens is 284 g/mol. The van der Waals surface area contributed by atoms with Gasteiger partial charge in [0.25, 0.3) is 0 Å². The molecule has 23 heavy (non-hydrogen) atoms. The summed E-state index contributed by atoms with van der Waals surface area (Å²) < 4.78 is 0. The van der Waals surface area contributed by atoms with Crippen molar-refractivity contribution < 1.29 is 4.79 Å². The molecule has 122 valence electrons. The van der Waals surface area contributed by atoms with Crippen molar-refractivity contribution in [1.29, 1.82) is 0 Å². The van der Waals surface area contributed by atoms with E-state index in [9.17, 15) is 4.79 Å². The van der Waals surface area contributed by atoms with Crippen molar-refractivity contribution in [2.75, 3.05) is 13.1 Å². The van der Waals surface area contributed by atoms with E-state index >= 15 is 0 Å². The van der Waals surface area contributed by atoms with E-state index in [-0.39, 0.29) is 11.9 Å². The Morgan fingerprint density at radius 1 is 0.826 bits per heavy atom. The molecule has 2 N–H and O–H groups in total. The zero-order valence-corrected chi connectivity index (χ0v) is 14.2. The predicted octanol–water partition coefficient (Wildman–Crippen LogP) is 4.41. The van der Waals surface area contributed by atoms with Gasteiger partial charge in [0.1, 0.15) is 0 Å². The number of amides is 2. The molecule has 2 amide bonds. The van der Waals surface area contributed by atoms with Crippen molar-refractivity contribution in [2.24, 2.45) is 5.92 Å². The van der Waals surface area contributed by atoms with Crippen LogP contribution in [0.4, 0.5) is 4.79 Å². The summed E-state index contributed by atoms with van der Waals surface area (Å²) in [5.74, 6) is 0.744. The molecular formula is C20H26N2O. The molecule has 0 bridgehead atoms. The molecule has 0 heterocycles. The van der Waals surface area contributed by atoms with Crippen LogP contribution in [0.25, 0.3) is 11.1 Å². The third-order valence-corrected chi connectivity index (χ3v) is 3.83. The smallest absolute Gasteiger partial charge is 0.314 e. The molecule has 0 saturated heterocycles. The SMILES string of the molecule is CC(C)CNC(=O)NCC(C)c1ccc(-c2ccccc2)cc1. The van der Waals surface area contributed by atoms with Crippen molar-refractivity contribution in [2.45, 2.75) is 26.7 Å². The molecule has 0 aliphatic rings. The Morgan fingerprint density at radius 2 is 1.39 bits per heavy atom. The Balaban J connectivity index is 1.88. The molecule has 2 aromatic rings. The van der Waals surface area contributed by atoms with Gasteiger partial charge in [-0.2, -0.15) is 0 Å². The Morgan fingerprint density at radius 3 is 2.00 bits per heavy atom. The molecule has 0 saturated carbocycles. The van der Waals surface area contributed by atoms with Gasteiger partial charge in [-0.3, -0.25) is 0 Å². The van der Waals surface area contributed by atoms with E-state index in [1.54, 1.807) is 0 Å². The monoisotopic (exact) mass is 310 g/mol. The number of carbonyl (C=O) groups excluding carboxylic acids is 1. The van der Waals surface area contributed by atoms with Crippen molar-refractivity contribution in [3.05, 3.63) is 60.2 Å². The standard InChI is InChI=1S/C20H26N2O/c1-15(2)13-21-20(23)22-14-16(3)17-9-11-19(12-10-17)18-7-5-4-6-8-18/h4-12,15-16H,13-14H2,1-3H3,(H2,21,22,23). The third kappa shape index (κ3) is 5.44. The fourth-order valence-corrected chi connectivity index (χ4v) is 2.36. The first kappa shape index (κ1) is 17.1. The van der Waals surface area contributed by atoms with Crippen LogP contribution in [-0.4, -0.2) is 19.1 Å². The van der Waals surface area contributed by atoms with Gasteiger partial charge >= 0.3 is 6.03 Å². The van der Waals surface area contributed by atoms with Gasteiger partial charge in [-0.1, -0.05) is 75.4 Å². The molecule has 0 radical (unpaired) electrons. The molecule has 3 heteroatoms. The summed E-state index contributed by atoms with van der Waals surface area (Å²) in [6.07, 6.45) is 0. The van der Waals surface area contributed by atoms with Crippen molar-refractivity contribution >= 4 is 6.03 Å². The summed E-state index contributed by atoms with van der Waals surface area (Å²) in [6.45, 7) is 7.62. The predicted molar refractivity (Wildman–Crippen MR) is 96.5 cm³/mol. The van der Waals surface area contributed by atoms with E-state index in [2.05, 4.69) is 67.8 Å². The summed E-state index contributed by atoms with van der Waals surface area (Å²) in [7, 11) is 0. The average molecular weight is 310 g/mol. The highest BCUT2D eigenvalue weighted by Crippen LogP contribution is 2.22. The minimum atomic E-state index is -0.0912. The summed E-state index contributed by atoms with van der Waals surface area (Å²) in [5, 5.41) is 5.80. The Bertz CT molecular complexity index is 605. The van der Waals surface area contributed by atoms with Crippen LogP contribution in [0.5, 0.6) is 0 Å². The second kappa shape index (κ2) is 8.37. The summed E-state index contributed by atoms with van der Waals surface area (Å²) >= 11 is 0. The molecule has 3 nitrogen and oxygen atoms in total. The molecule has 0 aliphatic carbocycles. The van der Waals surface area contributed by atoms with Crippen LogP contribution in [-0.2, 0) is 0 Å². The van der Waals surface area contributed by atoms with Gasteiger partial charge in [0, 0.05) is 13.1 Å². The highest BCUT2D eigenvalue weighted by molar-refractivity contribution is 5.73. The van der Waals surface area contributed by atoms with Crippen molar-refractivity contribution in [1.82, 2.24) is 10.6 Å². The lowest BCUT2D eigenvalue weighted by atomic mass is 9.97. The van der Waals surface area contributed by atoms with Gasteiger partial charge in [0.05, 0.1) is 0 Å². The van der Waals surface area contributed by atoms with E-state index in [0.717, 1.165) is 0 Å². The summed E-state index contributed by atoms with van der Waals surface area (Å²) in [4.78, 5) is 11.7. The second-order valence-corrected chi connectivity index (χ2v) is 6.37. The van der Waals surface area contributed by atoms with E-state index in [1.807, 2.05) is 18.2 Å². The van der Waals surface area contributed by atoms with Crippen molar-refractivity contribution in [3.63, 3.8) is 0 Å². The second-order valence-electron chi connectivity index (χ2n) is 6.37. The maximum Gasteiger partial charge on any atom is 0.314 e. The van der Waals surface area contributed by atoms with Gasteiger partial charge in [0.15, 0.2) is 0 Å². The lowest BCUT2D eigenvalue weighted by Crippen LogP contribution is -2.39. The van der Waals surface area contributed by atoms with Crippen LogP contribution in [0.3, 0.4) is 0 Å². The summed E-state index contributed by atoms with van der Waals surface area (Å²) in [6, 6.07) is 18.8. The highest BCUT2D eigenvalue weighted by Gasteiger charge is 2.08. The molecule has 0 aliphatic heterocycles. The first-order chi connectivity index (χ1) is 11.1. The minimum absolute atomic E-state index is 0.0912. The number of benzene rings is 2. The number of carbonyl (C=O) groups is 1. The maximum absolute atomic E-state index is 11.7. The third-order valence-electron chi connectivity index (χ3n) is 3.83. The largest absolute Gasteiger partial charge is 0.338 e. The Hall–Kier alpha value is -2.29. The molecule has 0 fully saturated rings. The zero-order chi connectivity index (χ0) is 16.7. The van der Waals surface area contributed by atoms with Gasteiger partial charge in [-0.05, 0) is 28.5 Å². The minimum Gasteiger partial charge on any atom is -0.338 e. The normalized spacial score (nSPS) is 12.0. The van der Waals surface area contributed by atoms with E-state index in [1.165, 1.54) is 16.7 Å². The van der Waals surface area contributed by atoms with E-state index in [0.29, 0.717) is 19.0 Å². The summed E-state index contributed by atoms with van der Waals surface area (Å²) in [5.41, 5.74) is 3.66. The lowest BCUT2D eigenvalue weighted by molar-refractivity contribution is 0.239. The first-order valence-electron chi connectivity index (χ1n) is 8.23. The fourth-order valence-electron chi connectivity index (χ4n) is 2.36. The molecule has 0 spiro atoms. The molecule has 2 rings (SSSR count). The van der Waals surface area contributed by atoms with Crippen LogP contribution in [0.15, 0.2) is 54.6 Å². The van der Waals surface area contributed by atoms with Crippen molar-refractivity contribution in [3.8, 4) is 11.1 Å². The Labute approximate surface area is 139 Å². The van der Waals surface area contributed by atoms with Gasteiger partial charge in [0.2, 0.25) is 0 Å². The maximum atomic E-state index is 11.7. The molecule has 1 atom stereocenters. The molecule has 1 unspecified atom stereocenters. The average Bonchev–Trinajstić information content (AvgIpc) is 2.58. The van der Waals surface area contributed by atoms with Crippen LogP contribution in [0, 0.1) is 5.92 Å². The van der Waals surface area contributed by atoms with Crippen LogP contribution in [0.1, 0.15) is 32.3 Å². The van der Waals surface area contributed by atoms with Gasteiger partial charge < -0.3 is 10.6 Å². The Kier molecular flexibility index (Phi) is 6.21. The van der Waals surface area contributed by atoms with Crippen LogP contribution < -0.4 is 10.6 Å². The number of urea groups is 1. The first-order valence-corrected chi connectivity index (χ1v) is 8.23. The number of hydrogen-bond acceptors (Lipinski definition) is 1. The topological polar surface area (TPSA) is 41.1 Å². The van der Waals surface area contributed by atoms with Gasteiger partial charge in [-0.25, -0.2) is 4.79 Å². The quantitative estimate of drug-likeness (QED) is 0.815. The lowest BCUT2D eigenvalue weighted by Gasteiger charge is -2.15. The van der Waals surface area contributed by atoms with E-state index in [4.69, 9.17) is 0 Å². The van der Waals surface area contributed by atoms with E-state index < -0.39 is 0 Å². The van der Waals surface area contributed by atoms with Gasteiger partial charge in [-0.15, -0.1) is 0 Å². The zero-order valence-electron chi connectivity index (χ0n) is 14.2. The molecule has 0 aromatic heterocycles. The number of rotatable bonds is 6.